The van der Waals surface area contributed by atoms with E-state index in [9.17, 15) is 13.0 Å². The molecule has 0 saturated carbocycles. The van der Waals surface area contributed by atoms with Crippen LogP contribution in [-0.4, -0.2) is 30.5 Å². The molecule has 0 aromatic carbocycles. The van der Waals surface area contributed by atoms with Gasteiger partial charge in [0, 0.05) is 17.5 Å². The van der Waals surface area contributed by atoms with Crippen LogP contribution in [0.3, 0.4) is 0 Å². The Kier molecular flexibility index (Phi) is 4.82. The minimum Gasteiger partial charge on any atom is -0.735 e. The Labute approximate surface area is 86.3 Å². The van der Waals surface area contributed by atoms with Crippen molar-refractivity contribution in [1.29, 1.82) is 0 Å². The summed E-state index contributed by atoms with van der Waals surface area (Å²) in [7, 11) is -4.20. The predicted molar refractivity (Wildman–Crippen MR) is 33.9 cm³/mol. The van der Waals surface area contributed by atoms with E-state index in [4.69, 9.17) is 0 Å². The zero-order chi connectivity index (χ0) is 6.91. The van der Waals surface area contributed by atoms with Crippen LogP contribution in [-0.2, 0) is 10.3 Å². The molecule has 1 fully saturated rings. The van der Waals surface area contributed by atoms with Crippen molar-refractivity contribution < 1.29 is 42.5 Å². The Morgan fingerprint density at radius 2 is 2.00 bits per heavy atom. The van der Waals surface area contributed by atoms with Crippen molar-refractivity contribution in [3.05, 3.63) is 0 Å². The van der Waals surface area contributed by atoms with Crippen molar-refractivity contribution in [2.75, 3.05) is 11.5 Å². The second-order valence-electron chi connectivity index (χ2n) is 1.81. The van der Waals surface area contributed by atoms with Gasteiger partial charge in [0.05, 0.1) is 0 Å². The molecule has 1 N–H and O–H groups in total. The molecule has 0 spiro atoms. The molecule has 0 unspecified atom stereocenters. The van der Waals surface area contributed by atoms with E-state index in [2.05, 4.69) is 0 Å². The number of nitrogens with one attached hydrogen (secondary N) is 1. The summed E-state index contributed by atoms with van der Waals surface area (Å²) in [4.78, 5) is 0. The summed E-state index contributed by atoms with van der Waals surface area (Å²) in [6, 6.07) is -0.113. The first-order valence-electron chi connectivity index (χ1n) is 2.39. The van der Waals surface area contributed by atoms with E-state index in [1.807, 2.05) is 4.72 Å². The average molecular weight is 191 g/mol. The third-order valence-electron chi connectivity index (χ3n) is 0.949. The summed E-state index contributed by atoms with van der Waals surface area (Å²) >= 11 is 1.62. The molecule has 0 aromatic heterocycles. The number of hydrogen-bond donors (Lipinski definition) is 1. The Morgan fingerprint density at radius 3 is 2.10 bits per heavy atom. The second-order valence-corrected chi connectivity index (χ2v) is 4.03. The van der Waals surface area contributed by atoms with Crippen molar-refractivity contribution in [3.8, 4) is 0 Å². The molecule has 1 saturated heterocycles. The normalized spacial score (nSPS) is 19.3. The fraction of sp³-hybridized carbons (Fsp3) is 1.00. The van der Waals surface area contributed by atoms with E-state index in [-0.39, 0.29) is 35.6 Å². The van der Waals surface area contributed by atoms with Crippen molar-refractivity contribution in [2.24, 2.45) is 0 Å². The van der Waals surface area contributed by atoms with Crippen LogP contribution in [0.1, 0.15) is 0 Å². The molecule has 54 valence electrons. The first-order valence-corrected chi connectivity index (χ1v) is 4.95. The molecule has 4 nitrogen and oxygen atoms in total. The maximum atomic E-state index is 9.96. The van der Waals surface area contributed by atoms with E-state index in [0.717, 1.165) is 11.5 Å². The average Bonchev–Trinajstić information content (AvgIpc) is 1.53. The minimum absolute atomic E-state index is 0. The number of hydrogen-bond acceptors (Lipinski definition) is 4. The fourth-order valence-corrected chi connectivity index (χ4v) is 1.93. The van der Waals surface area contributed by atoms with Gasteiger partial charge in [0.1, 0.15) is 0 Å². The van der Waals surface area contributed by atoms with Gasteiger partial charge in [-0.05, 0) is 0 Å². The third kappa shape index (κ3) is 4.17. The molecule has 0 bridgehead atoms. The zero-order valence-electron chi connectivity index (χ0n) is 5.53. The zero-order valence-corrected chi connectivity index (χ0v) is 9.17. The molecular weight excluding hydrogens is 185 g/mol. The van der Waals surface area contributed by atoms with Gasteiger partial charge in [0.2, 0.25) is 0 Å². The quantitative estimate of drug-likeness (QED) is 0.358. The van der Waals surface area contributed by atoms with Crippen LogP contribution in [0.15, 0.2) is 0 Å². The third-order valence-corrected chi connectivity index (χ3v) is 2.85. The Balaban J connectivity index is 0.000000810. The smallest absolute Gasteiger partial charge is 0.735 e. The summed E-state index contributed by atoms with van der Waals surface area (Å²) in [6.07, 6.45) is 0. The van der Waals surface area contributed by atoms with Gasteiger partial charge in [-0.1, -0.05) is 0 Å². The molecule has 1 aliphatic rings. The summed E-state index contributed by atoms with van der Waals surface area (Å²) in [5, 5.41) is 0. The SMILES string of the molecule is O=S(=O)([O-])NC1CSC1.[Na+]. The molecule has 0 atom stereocenters. The summed E-state index contributed by atoms with van der Waals surface area (Å²) in [5.74, 6) is 1.45. The van der Waals surface area contributed by atoms with Crippen LogP contribution in [0.4, 0.5) is 0 Å². The van der Waals surface area contributed by atoms with Crippen LogP contribution in [0, 0.1) is 0 Å². The number of rotatable bonds is 2. The summed E-state index contributed by atoms with van der Waals surface area (Å²) < 4.78 is 31.8. The van der Waals surface area contributed by atoms with Crippen LogP contribution in [0.25, 0.3) is 0 Å². The van der Waals surface area contributed by atoms with Gasteiger partial charge in [-0.15, -0.1) is 0 Å². The van der Waals surface area contributed by atoms with E-state index >= 15 is 0 Å². The second kappa shape index (κ2) is 4.30. The molecule has 1 heterocycles. The van der Waals surface area contributed by atoms with Crippen molar-refractivity contribution in [2.45, 2.75) is 6.04 Å². The van der Waals surface area contributed by atoms with Crippen molar-refractivity contribution in [3.63, 3.8) is 0 Å². The maximum Gasteiger partial charge on any atom is 1.00 e. The maximum absolute atomic E-state index is 9.96. The molecule has 1 aliphatic heterocycles. The van der Waals surface area contributed by atoms with Gasteiger partial charge < -0.3 is 4.55 Å². The molecule has 7 heteroatoms. The molecular formula is C3H6NNaO3S2. The van der Waals surface area contributed by atoms with E-state index in [1.54, 1.807) is 11.8 Å². The Hall–Kier alpha value is 1.22. The molecule has 0 radical (unpaired) electrons. The number of thioether (sulfide) groups is 1. The summed E-state index contributed by atoms with van der Waals surface area (Å²) in [6.45, 7) is 0. The first-order chi connectivity index (χ1) is 4.08. The molecule has 0 amide bonds. The van der Waals surface area contributed by atoms with Gasteiger partial charge in [-0.2, -0.15) is 11.8 Å². The van der Waals surface area contributed by atoms with Crippen molar-refractivity contribution in [1.82, 2.24) is 4.72 Å². The first kappa shape index (κ1) is 11.2. The topological polar surface area (TPSA) is 69.2 Å². The van der Waals surface area contributed by atoms with E-state index < -0.39 is 10.3 Å². The fourth-order valence-electron chi connectivity index (χ4n) is 0.508. The van der Waals surface area contributed by atoms with Crippen molar-refractivity contribution >= 4 is 22.1 Å². The van der Waals surface area contributed by atoms with Gasteiger partial charge >= 0.3 is 29.6 Å². The molecule has 0 aromatic rings. The van der Waals surface area contributed by atoms with E-state index in [1.165, 1.54) is 0 Å². The van der Waals surface area contributed by atoms with Crippen LogP contribution in [0.2, 0.25) is 0 Å². The van der Waals surface area contributed by atoms with Gasteiger partial charge in [0.25, 0.3) is 0 Å². The van der Waals surface area contributed by atoms with Gasteiger partial charge in [0.15, 0.2) is 10.3 Å². The largest absolute Gasteiger partial charge is 1.00 e. The van der Waals surface area contributed by atoms with Gasteiger partial charge in [-0.25, -0.2) is 13.1 Å². The summed E-state index contributed by atoms with van der Waals surface area (Å²) in [5.41, 5.74) is 0. The van der Waals surface area contributed by atoms with Gasteiger partial charge in [-0.3, -0.25) is 0 Å². The van der Waals surface area contributed by atoms with Crippen LogP contribution >= 0.6 is 11.8 Å². The van der Waals surface area contributed by atoms with E-state index in [0.29, 0.717) is 0 Å². The standard InChI is InChI=1S/C3H7NO3S2.Na/c5-9(6,7)4-3-1-8-2-3;/h3-4H,1-2H2,(H,5,6,7);/q;+1/p-1. The Morgan fingerprint density at radius 1 is 1.50 bits per heavy atom. The van der Waals surface area contributed by atoms with Crippen LogP contribution < -0.4 is 34.3 Å². The Bertz CT molecular complexity index is 188. The molecule has 1 rings (SSSR count). The minimum atomic E-state index is -4.20. The molecule has 10 heavy (non-hydrogen) atoms. The van der Waals surface area contributed by atoms with Crippen LogP contribution in [0.5, 0.6) is 0 Å². The predicted octanol–water partition coefficient (Wildman–Crippen LogP) is -3.84. The monoisotopic (exact) mass is 191 g/mol. The molecule has 0 aliphatic carbocycles.